The van der Waals surface area contributed by atoms with E-state index in [0.29, 0.717) is 0 Å². The number of aromatic amines is 1. The smallest absolute Gasteiger partial charge is 0.310 e. The molecule has 14 heavy (non-hydrogen) atoms. The minimum Gasteiger partial charge on any atom is -0.470 e. The summed E-state index contributed by atoms with van der Waals surface area (Å²) in [6.07, 6.45) is 8.96. The van der Waals surface area contributed by atoms with Gasteiger partial charge >= 0.3 is 5.56 Å². The fourth-order valence-corrected chi connectivity index (χ4v) is 1.76. The van der Waals surface area contributed by atoms with Crippen LogP contribution in [0.15, 0.2) is 17.2 Å². The molecule has 0 amide bonds. The molecule has 0 aromatic carbocycles. The summed E-state index contributed by atoms with van der Waals surface area (Å²) in [6.45, 7) is 0. The first-order chi connectivity index (χ1) is 6.86. The highest BCUT2D eigenvalue weighted by Crippen LogP contribution is 2.20. The zero-order chi connectivity index (χ0) is 9.80. The molecule has 1 aromatic heterocycles. The van der Waals surface area contributed by atoms with Gasteiger partial charge in [-0.15, -0.1) is 0 Å². The number of nitrogens with zero attached hydrogens (tertiary/aromatic N) is 1. The molecule has 1 N–H and O–H groups in total. The van der Waals surface area contributed by atoms with Crippen LogP contribution in [0.2, 0.25) is 0 Å². The van der Waals surface area contributed by atoms with Gasteiger partial charge < -0.3 is 9.72 Å². The molecule has 76 valence electrons. The van der Waals surface area contributed by atoms with Crippen LogP contribution in [0.4, 0.5) is 0 Å². The molecule has 0 atom stereocenters. The van der Waals surface area contributed by atoms with Gasteiger partial charge in [-0.1, -0.05) is 6.42 Å². The van der Waals surface area contributed by atoms with Gasteiger partial charge in [-0.25, -0.2) is 4.98 Å². The van der Waals surface area contributed by atoms with Crippen molar-refractivity contribution in [2.24, 2.45) is 0 Å². The lowest BCUT2D eigenvalue weighted by molar-refractivity contribution is 0.146. The molecule has 1 heterocycles. The zero-order valence-corrected chi connectivity index (χ0v) is 8.03. The first-order valence-corrected chi connectivity index (χ1v) is 5.06. The third-order valence-corrected chi connectivity index (χ3v) is 2.51. The van der Waals surface area contributed by atoms with E-state index < -0.39 is 0 Å². The lowest BCUT2D eigenvalue weighted by Gasteiger charge is -2.21. The van der Waals surface area contributed by atoms with E-state index >= 15 is 0 Å². The van der Waals surface area contributed by atoms with Crippen molar-refractivity contribution in [3.63, 3.8) is 0 Å². The number of hydrogen-bond acceptors (Lipinski definition) is 3. The Morgan fingerprint density at radius 3 is 2.86 bits per heavy atom. The fraction of sp³-hybridized carbons (Fsp3) is 0.600. The summed E-state index contributed by atoms with van der Waals surface area (Å²) in [5.41, 5.74) is -0.238. The van der Waals surface area contributed by atoms with Gasteiger partial charge in [0.15, 0.2) is 0 Å². The molecule has 0 radical (unpaired) electrons. The van der Waals surface area contributed by atoms with Gasteiger partial charge in [0.25, 0.3) is 5.88 Å². The van der Waals surface area contributed by atoms with Gasteiger partial charge in [-0.05, 0) is 25.7 Å². The predicted molar refractivity (Wildman–Crippen MR) is 52.4 cm³/mol. The second-order valence-electron chi connectivity index (χ2n) is 3.60. The first kappa shape index (κ1) is 9.24. The molecule has 1 aliphatic carbocycles. The Hall–Kier alpha value is -1.32. The predicted octanol–water partition coefficient (Wildman–Crippen LogP) is 1.48. The molecule has 1 aromatic rings. The van der Waals surface area contributed by atoms with E-state index in [1.807, 2.05) is 0 Å². The lowest BCUT2D eigenvalue weighted by Crippen LogP contribution is -2.24. The molecule has 1 saturated carbocycles. The summed E-state index contributed by atoms with van der Waals surface area (Å²) in [4.78, 5) is 17.7. The number of nitrogens with one attached hydrogen (secondary N) is 1. The summed E-state index contributed by atoms with van der Waals surface area (Å²) in [6, 6.07) is 0. The van der Waals surface area contributed by atoms with Gasteiger partial charge in [0.05, 0.1) is 0 Å². The molecule has 1 aliphatic rings. The molecule has 0 unspecified atom stereocenters. The van der Waals surface area contributed by atoms with Gasteiger partial charge in [-0.3, -0.25) is 4.79 Å². The second-order valence-corrected chi connectivity index (χ2v) is 3.60. The Labute approximate surface area is 82.3 Å². The first-order valence-electron chi connectivity index (χ1n) is 5.06. The highest BCUT2D eigenvalue weighted by atomic mass is 16.5. The normalized spacial score (nSPS) is 18.0. The Morgan fingerprint density at radius 2 is 2.14 bits per heavy atom. The average Bonchev–Trinajstić information content (AvgIpc) is 2.23. The van der Waals surface area contributed by atoms with E-state index in [2.05, 4.69) is 9.97 Å². The summed E-state index contributed by atoms with van der Waals surface area (Å²) in [5.74, 6) is 0.208. The van der Waals surface area contributed by atoms with Crippen LogP contribution in [0, 0.1) is 0 Å². The van der Waals surface area contributed by atoms with E-state index in [4.69, 9.17) is 4.74 Å². The molecule has 1 fully saturated rings. The van der Waals surface area contributed by atoms with Crippen molar-refractivity contribution < 1.29 is 4.74 Å². The highest BCUT2D eigenvalue weighted by molar-refractivity contribution is 5.03. The van der Waals surface area contributed by atoms with Crippen LogP contribution in [0.1, 0.15) is 32.1 Å². The van der Waals surface area contributed by atoms with Crippen molar-refractivity contribution in [3.05, 3.63) is 22.7 Å². The average molecular weight is 194 g/mol. The number of rotatable bonds is 2. The summed E-state index contributed by atoms with van der Waals surface area (Å²) >= 11 is 0. The van der Waals surface area contributed by atoms with Crippen LogP contribution in [0.3, 0.4) is 0 Å². The van der Waals surface area contributed by atoms with E-state index in [1.165, 1.54) is 25.5 Å². The van der Waals surface area contributed by atoms with E-state index in [9.17, 15) is 4.79 Å². The van der Waals surface area contributed by atoms with Gasteiger partial charge in [0.1, 0.15) is 6.10 Å². The molecule has 4 heteroatoms. The fourth-order valence-electron chi connectivity index (χ4n) is 1.76. The second kappa shape index (κ2) is 4.26. The van der Waals surface area contributed by atoms with Crippen molar-refractivity contribution in [1.82, 2.24) is 9.97 Å². The zero-order valence-electron chi connectivity index (χ0n) is 8.03. The SMILES string of the molecule is O=c1[nH]ccnc1OC1CCCCC1. The molecule has 0 saturated heterocycles. The number of hydrogen-bond donors (Lipinski definition) is 1. The van der Waals surface area contributed by atoms with Crippen molar-refractivity contribution in [3.8, 4) is 5.88 Å². The lowest BCUT2D eigenvalue weighted by atomic mass is 9.98. The van der Waals surface area contributed by atoms with Crippen LogP contribution in [0.5, 0.6) is 5.88 Å². The molecule has 2 rings (SSSR count). The summed E-state index contributed by atoms with van der Waals surface area (Å²) < 4.78 is 5.53. The third kappa shape index (κ3) is 2.13. The monoisotopic (exact) mass is 194 g/mol. The molecule has 4 nitrogen and oxygen atoms in total. The third-order valence-electron chi connectivity index (χ3n) is 2.51. The quantitative estimate of drug-likeness (QED) is 0.775. The van der Waals surface area contributed by atoms with Crippen molar-refractivity contribution in [1.29, 1.82) is 0 Å². The van der Waals surface area contributed by atoms with Crippen molar-refractivity contribution >= 4 is 0 Å². The van der Waals surface area contributed by atoms with E-state index in [1.54, 1.807) is 6.20 Å². The van der Waals surface area contributed by atoms with Crippen LogP contribution in [-0.4, -0.2) is 16.1 Å². The largest absolute Gasteiger partial charge is 0.470 e. The maximum absolute atomic E-state index is 11.2. The topological polar surface area (TPSA) is 55.0 Å². The van der Waals surface area contributed by atoms with Crippen LogP contribution < -0.4 is 10.3 Å². The molecule has 0 bridgehead atoms. The maximum Gasteiger partial charge on any atom is 0.310 e. The summed E-state index contributed by atoms with van der Waals surface area (Å²) in [7, 11) is 0. The summed E-state index contributed by atoms with van der Waals surface area (Å²) in [5, 5.41) is 0. The standard InChI is InChI=1S/C10H14N2O2/c13-9-10(12-7-6-11-9)14-8-4-2-1-3-5-8/h6-8H,1-5H2,(H,11,13). The van der Waals surface area contributed by atoms with Crippen molar-refractivity contribution in [2.45, 2.75) is 38.2 Å². The van der Waals surface area contributed by atoms with E-state index in [0.717, 1.165) is 12.8 Å². The number of aromatic nitrogens is 2. The van der Waals surface area contributed by atoms with Gasteiger partial charge in [0.2, 0.25) is 0 Å². The maximum atomic E-state index is 11.2. The van der Waals surface area contributed by atoms with Crippen molar-refractivity contribution in [2.75, 3.05) is 0 Å². The molecular weight excluding hydrogens is 180 g/mol. The number of ether oxygens (including phenoxy) is 1. The Balaban J connectivity index is 2.03. The Morgan fingerprint density at radius 1 is 1.36 bits per heavy atom. The molecule has 0 aliphatic heterocycles. The van der Waals surface area contributed by atoms with Gasteiger partial charge in [0, 0.05) is 12.4 Å². The molecule has 0 spiro atoms. The number of H-pyrrole nitrogens is 1. The minimum absolute atomic E-state index is 0.180. The van der Waals surface area contributed by atoms with E-state index in [-0.39, 0.29) is 17.5 Å². The Bertz CT molecular complexity index is 342. The van der Waals surface area contributed by atoms with Crippen LogP contribution >= 0.6 is 0 Å². The Kier molecular flexibility index (Phi) is 2.81. The minimum atomic E-state index is -0.238. The van der Waals surface area contributed by atoms with Gasteiger partial charge in [-0.2, -0.15) is 0 Å². The van der Waals surface area contributed by atoms with Crippen LogP contribution in [0.25, 0.3) is 0 Å². The molecular formula is C10H14N2O2. The van der Waals surface area contributed by atoms with Crippen LogP contribution in [-0.2, 0) is 0 Å². The highest BCUT2D eigenvalue weighted by Gasteiger charge is 2.16.